The first-order chi connectivity index (χ1) is 7.56. The topological polar surface area (TPSA) is 51.8 Å². The van der Waals surface area contributed by atoms with Crippen LogP contribution in [0.4, 0.5) is 0 Å². The summed E-state index contributed by atoms with van der Waals surface area (Å²) in [4.78, 5) is 9.22. The standard InChI is InChI=1S/C13H21N3/c1-4-10-8-11(9-6-7-9)16-12(15-10)13(3,14)5-2/h8-9H,4-7,14H2,1-3H3. The number of nitrogens with zero attached hydrogens (tertiary/aromatic N) is 2. The Balaban J connectivity index is 2.40. The third kappa shape index (κ3) is 2.24. The summed E-state index contributed by atoms with van der Waals surface area (Å²) in [6.07, 6.45) is 4.36. The third-order valence-corrected chi connectivity index (χ3v) is 3.40. The van der Waals surface area contributed by atoms with Crippen molar-refractivity contribution in [2.45, 2.75) is 57.9 Å². The van der Waals surface area contributed by atoms with E-state index in [1.807, 2.05) is 6.92 Å². The largest absolute Gasteiger partial charge is 0.319 e. The molecule has 88 valence electrons. The molecule has 0 aromatic carbocycles. The van der Waals surface area contributed by atoms with Crippen molar-refractivity contribution in [3.8, 4) is 0 Å². The van der Waals surface area contributed by atoms with Crippen molar-refractivity contribution in [2.75, 3.05) is 0 Å². The molecule has 0 saturated heterocycles. The van der Waals surface area contributed by atoms with Gasteiger partial charge in [-0.3, -0.25) is 0 Å². The van der Waals surface area contributed by atoms with Crippen molar-refractivity contribution in [1.29, 1.82) is 0 Å². The van der Waals surface area contributed by atoms with E-state index < -0.39 is 5.54 Å². The lowest BCUT2D eigenvalue weighted by Crippen LogP contribution is -2.34. The van der Waals surface area contributed by atoms with E-state index >= 15 is 0 Å². The minimum absolute atomic E-state index is 0.394. The van der Waals surface area contributed by atoms with Crippen LogP contribution < -0.4 is 5.73 Å². The number of aryl methyl sites for hydroxylation is 1. The van der Waals surface area contributed by atoms with Crippen LogP contribution >= 0.6 is 0 Å². The van der Waals surface area contributed by atoms with Crippen molar-refractivity contribution in [3.05, 3.63) is 23.3 Å². The number of aromatic nitrogens is 2. The highest BCUT2D eigenvalue weighted by atomic mass is 15.0. The van der Waals surface area contributed by atoms with Gasteiger partial charge in [-0.05, 0) is 38.7 Å². The summed E-state index contributed by atoms with van der Waals surface area (Å²) in [5.74, 6) is 1.48. The van der Waals surface area contributed by atoms with Crippen LogP contribution in [0.15, 0.2) is 6.07 Å². The van der Waals surface area contributed by atoms with Gasteiger partial charge in [0.15, 0.2) is 0 Å². The van der Waals surface area contributed by atoms with E-state index in [9.17, 15) is 0 Å². The van der Waals surface area contributed by atoms with Crippen LogP contribution in [-0.2, 0) is 12.0 Å². The van der Waals surface area contributed by atoms with Crippen molar-refractivity contribution >= 4 is 0 Å². The van der Waals surface area contributed by atoms with Crippen LogP contribution in [0.3, 0.4) is 0 Å². The lowest BCUT2D eigenvalue weighted by Gasteiger charge is -2.22. The summed E-state index contributed by atoms with van der Waals surface area (Å²) in [6.45, 7) is 6.22. The van der Waals surface area contributed by atoms with E-state index in [1.54, 1.807) is 0 Å². The second-order valence-corrected chi connectivity index (χ2v) is 5.01. The molecule has 0 spiro atoms. The molecule has 1 aliphatic carbocycles. The average Bonchev–Trinajstić information content (AvgIpc) is 3.12. The fourth-order valence-corrected chi connectivity index (χ4v) is 1.70. The van der Waals surface area contributed by atoms with E-state index in [2.05, 4.69) is 29.9 Å². The van der Waals surface area contributed by atoms with Crippen LogP contribution in [0.2, 0.25) is 0 Å². The van der Waals surface area contributed by atoms with Crippen LogP contribution in [0, 0.1) is 0 Å². The normalized spacial score (nSPS) is 19.5. The predicted octanol–water partition coefficient (Wildman–Crippen LogP) is 2.50. The van der Waals surface area contributed by atoms with Crippen molar-refractivity contribution < 1.29 is 0 Å². The molecule has 0 bridgehead atoms. The lowest BCUT2D eigenvalue weighted by molar-refractivity contribution is 0.441. The fraction of sp³-hybridized carbons (Fsp3) is 0.692. The molecule has 1 atom stereocenters. The molecule has 0 radical (unpaired) electrons. The quantitative estimate of drug-likeness (QED) is 0.846. The maximum Gasteiger partial charge on any atom is 0.148 e. The summed E-state index contributed by atoms with van der Waals surface area (Å²) >= 11 is 0. The van der Waals surface area contributed by atoms with Crippen LogP contribution in [-0.4, -0.2) is 9.97 Å². The van der Waals surface area contributed by atoms with E-state index in [1.165, 1.54) is 18.5 Å². The van der Waals surface area contributed by atoms with Crippen molar-refractivity contribution in [1.82, 2.24) is 9.97 Å². The SMILES string of the molecule is CCc1cc(C2CC2)nc(C(C)(N)CC)n1. The Kier molecular flexibility index (Phi) is 2.98. The second-order valence-electron chi connectivity index (χ2n) is 5.01. The predicted molar refractivity (Wildman–Crippen MR) is 65.2 cm³/mol. The summed E-state index contributed by atoms with van der Waals surface area (Å²) in [6, 6.07) is 2.15. The van der Waals surface area contributed by atoms with Crippen molar-refractivity contribution in [3.63, 3.8) is 0 Å². The average molecular weight is 219 g/mol. The first kappa shape index (κ1) is 11.5. The van der Waals surface area contributed by atoms with Gasteiger partial charge in [-0.2, -0.15) is 0 Å². The molecule has 0 amide bonds. The molecule has 1 saturated carbocycles. The molecular weight excluding hydrogens is 198 g/mol. The van der Waals surface area contributed by atoms with Gasteiger partial charge in [-0.15, -0.1) is 0 Å². The zero-order chi connectivity index (χ0) is 11.8. The van der Waals surface area contributed by atoms with Crippen LogP contribution in [0.1, 0.15) is 63.2 Å². The highest BCUT2D eigenvalue weighted by molar-refractivity contribution is 5.21. The monoisotopic (exact) mass is 219 g/mol. The molecule has 16 heavy (non-hydrogen) atoms. The van der Waals surface area contributed by atoms with Crippen molar-refractivity contribution in [2.24, 2.45) is 5.73 Å². The molecule has 0 aliphatic heterocycles. The Bertz CT molecular complexity index is 381. The zero-order valence-corrected chi connectivity index (χ0v) is 10.5. The zero-order valence-electron chi connectivity index (χ0n) is 10.5. The van der Waals surface area contributed by atoms with E-state index in [0.717, 1.165) is 24.4 Å². The van der Waals surface area contributed by atoms with Gasteiger partial charge in [0.05, 0.1) is 5.54 Å². The van der Waals surface area contributed by atoms with Crippen LogP contribution in [0.25, 0.3) is 0 Å². The molecule has 2 rings (SSSR count). The fourth-order valence-electron chi connectivity index (χ4n) is 1.70. The van der Waals surface area contributed by atoms with Gasteiger partial charge >= 0.3 is 0 Å². The first-order valence-electron chi connectivity index (χ1n) is 6.24. The smallest absolute Gasteiger partial charge is 0.148 e. The highest BCUT2D eigenvalue weighted by Crippen LogP contribution is 2.39. The third-order valence-electron chi connectivity index (χ3n) is 3.40. The summed E-state index contributed by atoms with van der Waals surface area (Å²) < 4.78 is 0. The van der Waals surface area contributed by atoms with E-state index in [0.29, 0.717) is 5.92 Å². The molecule has 1 aromatic rings. The summed E-state index contributed by atoms with van der Waals surface area (Å²) in [5, 5.41) is 0. The maximum absolute atomic E-state index is 6.23. The van der Waals surface area contributed by atoms with Gasteiger partial charge in [0.25, 0.3) is 0 Å². The van der Waals surface area contributed by atoms with Gasteiger partial charge in [-0.25, -0.2) is 9.97 Å². The maximum atomic E-state index is 6.23. The van der Waals surface area contributed by atoms with Crippen LogP contribution in [0.5, 0.6) is 0 Å². The summed E-state index contributed by atoms with van der Waals surface area (Å²) in [5.41, 5.74) is 8.15. The molecular formula is C13H21N3. The second kappa shape index (κ2) is 4.13. The Hall–Kier alpha value is -0.960. The number of hydrogen-bond donors (Lipinski definition) is 1. The Morgan fingerprint density at radius 3 is 2.56 bits per heavy atom. The highest BCUT2D eigenvalue weighted by Gasteiger charge is 2.29. The molecule has 1 aliphatic rings. The van der Waals surface area contributed by atoms with Gasteiger partial charge in [0.2, 0.25) is 0 Å². The first-order valence-corrected chi connectivity index (χ1v) is 6.24. The number of nitrogens with two attached hydrogens (primary N) is 1. The Labute approximate surface area is 97.5 Å². The van der Waals surface area contributed by atoms with E-state index in [-0.39, 0.29) is 0 Å². The summed E-state index contributed by atoms with van der Waals surface area (Å²) in [7, 11) is 0. The van der Waals surface area contributed by atoms with Gasteiger partial charge in [0.1, 0.15) is 5.82 Å². The number of hydrogen-bond acceptors (Lipinski definition) is 3. The minimum atomic E-state index is -0.394. The molecule has 1 fully saturated rings. The van der Waals surface area contributed by atoms with E-state index in [4.69, 9.17) is 5.73 Å². The van der Waals surface area contributed by atoms with Gasteiger partial charge < -0.3 is 5.73 Å². The lowest BCUT2D eigenvalue weighted by atomic mass is 9.99. The number of rotatable bonds is 4. The van der Waals surface area contributed by atoms with Gasteiger partial charge in [0, 0.05) is 17.3 Å². The molecule has 2 N–H and O–H groups in total. The molecule has 1 heterocycles. The Morgan fingerprint density at radius 1 is 1.38 bits per heavy atom. The minimum Gasteiger partial charge on any atom is -0.319 e. The Morgan fingerprint density at radius 2 is 2.06 bits per heavy atom. The molecule has 3 nitrogen and oxygen atoms in total. The molecule has 3 heteroatoms. The van der Waals surface area contributed by atoms with Gasteiger partial charge in [-0.1, -0.05) is 13.8 Å². The molecule has 1 aromatic heterocycles. The molecule has 1 unspecified atom stereocenters.